The Kier molecular flexibility index (Phi) is 8.22. The summed E-state index contributed by atoms with van der Waals surface area (Å²) in [4.78, 5) is 12.4. The van der Waals surface area contributed by atoms with E-state index < -0.39 is 6.10 Å². The Morgan fingerprint density at radius 1 is 1.23 bits per heavy atom. The van der Waals surface area contributed by atoms with Crippen molar-refractivity contribution in [1.29, 1.82) is 0 Å². The lowest BCUT2D eigenvalue weighted by atomic mass is 10.2. The van der Waals surface area contributed by atoms with E-state index in [0.717, 1.165) is 0 Å². The number of halogens is 2. The predicted molar refractivity (Wildman–Crippen MR) is 106 cm³/mol. The van der Waals surface area contributed by atoms with Gasteiger partial charge in [0.25, 0.3) is 5.91 Å². The topological polar surface area (TPSA) is 56.8 Å². The molecular formula is C19H21BrClNO4. The van der Waals surface area contributed by atoms with E-state index in [9.17, 15) is 4.79 Å². The predicted octanol–water partition coefficient (Wildman–Crippen LogP) is 4.92. The molecule has 5 nitrogen and oxygen atoms in total. The molecule has 0 saturated carbocycles. The molecule has 1 amide bonds. The summed E-state index contributed by atoms with van der Waals surface area (Å²) in [6.07, 6.45) is -0.685. The van der Waals surface area contributed by atoms with Crippen molar-refractivity contribution in [3.05, 3.63) is 52.0 Å². The van der Waals surface area contributed by atoms with Crippen molar-refractivity contribution in [3.63, 3.8) is 0 Å². The van der Waals surface area contributed by atoms with Crippen LogP contribution in [0.1, 0.15) is 13.8 Å². The van der Waals surface area contributed by atoms with Gasteiger partial charge in [-0.2, -0.15) is 0 Å². The highest BCUT2D eigenvalue weighted by Gasteiger charge is 2.16. The van der Waals surface area contributed by atoms with Crippen molar-refractivity contribution in [2.24, 2.45) is 0 Å². The molecule has 140 valence electrons. The van der Waals surface area contributed by atoms with Crippen LogP contribution in [0.2, 0.25) is 5.02 Å². The average molecular weight is 443 g/mol. The summed E-state index contributed by atoms with van der Waals surface area (Å²) in [7, 11) is 0. The first kappa shape index (κ1) is 20.6. The summed E-state index contributed by atoms with van der Waals surface area (Å²) < 4.78 is 17.2. The standard InChI is InChI=1S/C19H21BrClNO4/c1-3-24-9-10-25-16-6-4-5-15(12-16)22-19(23)13(2)26-18-8-7-14(21)11-17(18)20/h4-8,11-13H,3,9-10H2,1-2H3,(H,22,23). The number of anilines is 1. The quantitative estimate of drug-likeness (QED) is 0.560. The van der Waals surface area contributed by atoms with Crippen LogP contribution in [0.5, 0.6) is 11.5 Å². The fraction of sp³-hybridized carbons (Fsp3) is 0.316. The van der Waals surface area contributed by atoms with Crippen LogP contribution < -0.4 is 14.8 Å². The molecule has 1 unspecified atom stereocenters. The molecule has 0 aliphatic heterocycles. The second kappa shape index (κ2) is 10.4. The van der Waals surface area contributed by atoms with Crippen LogP contribution in [-0.4, -0.2) is 31.8 Å². The lowest BCUT2D eigenvalue weighted by molar-refractivity contribution is -0.122. The highest BCUT2D eigenvalue weighted by atomic mass is 79.9. The third-order valence-corrected chi connectivity index (χ3v) is 4.22. The average Bonchev–Trinajstić information content (AvgIpc) is 2.61. The number of ether oxygens (including phenoxy) is 3. The molecule has 1 atom stereocenters. The smallest absolute Gasteiger partial charge is 0.265 e. The zero-order valence-corrected chi connectivity index (χ0v) is 17.0. The van der Waals surface area contributed by atoms with Gasteiger partial charge in [-0.05, 0) is 60.1 Å². The molecule has 0 fully saturated rings. The van der Waals surface area contributed by atoms with Crippen LogP contribution in [-0.2, 0) is 9.53 Å². The zero-order chi connectivity index (χ0) is 18.9. The molecule has 0 bridgehead atoms. The number of amides is 1. The van der Waals surface area contributed by atoms with Crippen molar-refractivity contribution in [3.8, 4) is 11.5 Å². The molecule has 2 rings (SSSR count). The van der Waals surface area contributed by atoms with Gasteiger partial charge < -0.3 is 19.5 Å². The van der Waals surface area contributed by atoms with E-state index >= 15 is 0 Å². The molecule has 26 heavy (non-hydrogen) atoms. The third-order valence-electron chi connectivity index (χ3n) is 3.37. The zero-order valence-electron chi connectivity index (χ0n) is 14.6. The van der Waals surface area contributed by atoms with Gasteiger partial charge in [-0.1, -0.05) is 17.7 Å². The Hall–Kier alpha value is -1.76. The molecule has 0 aromatic heterocycles. The number of rotatable bonds is 9. The van der Waals surface area contributed by atoms with Gasteiger partial charge in [0.1, 0.15) is 18.1 Å². The van der Waals surface area contributed by atoms with E-state index in [2.05, 4.69) is 21.2 Å². The number of carbonyl (C=O) groups excluding carboxylic acids is 1. The molecule has 0 aliphatic rings. The van der Waals surface area contributed by atoms with E-state index in [4.69, 9.17) is 25.8 Å². The van der Waals surface area contributed by atoms with Gasteiger partial charge in [0.2, 0.25) is 0 Å². The highest BCUT2D eigenvalue weighted by Crippen LogP contribution is 2.29. The van der Waals surface area contributed by atoms with Crippen molar-refractivity contribution >= 4 is 39.1 Å². The maximum atomic E-state index is 12.4. The Balaban J connectivity index is 1.91. The first-order valence-corrected chi connectivity index (χ1v) is 9.40. The summed E-state index contributed by atoms with van der Waals surface area (Å²) in [6, 6.07) is 12.3. The van der Waals surface area contributed by atoms with Gasteiger partial charge >= 0.3 is 0 Å². The van der Waals surface area contributed by atoms with Gasteiger partial charge in [-0.15, -0.1) is 0 Å². The number of hydrogen-bond donors (Lipinski definition) is 1. The molecule has 0 heterocycles. The molecule has 1 N–H and O–H groups in total. The fourth-order valence-electron chi connectivity index (χ4n) is 2.09. The van der Waals surface area contributed by atoms with Crippen LogP contribution in [0, 0.1) is 0 Å². The van der Waals surface area contributed by atoms with Gasteiger partial charge in [0.05, 0.1) is 11.1 Å². The molecule has 7 heteroatoms. The second-order valence-corrected chi connectivity index (χ2v) is 6.69. The Morgan fingerprint density at radius 2 is 2.04 bits per heavy atom. The monoisotopic (exact) mass is 441 g/mol. The largest absolute Gasteiger partial charge is 0.491 e. The van der Waals surface area contributed by atoms with Crippen molar-refractivity contribution in [1.82, 2.24) is 0 Å². The van der Waals surface area contributed by atoms with Crippen LogP contribution >= 0.6 is 27.5 Å². The van der Waals surface area contributed by atoms with Gasteiger partial charge in [-0.25, -0.2) is 0 Å². The molecule has 2 aromatic rings. The minimum Gasteiger partial charge on any atom is -0.491 e. The van der Waals surface area contributed by atoms with E-state index in [1.54, 1.807) is 37.3 Å². The first-order chi connectivity index (χ1) is 12.5. The minimum atomic E-state index is -0.685. The number of carbonyl (C=O) groups is 1. The SMILES string of the molecule is CCOCCOc1cccc(NC(=O)C(C)Oc2ccc(Cl)cc2Br)c1. The van der Waals surface area contributed by atoms with Gasteiger partial charge in [0.15, 0.2) is 6.10 Å². The molecular weight excluding hydrogens is 422 g/mol. The lowest BCUT2D eigenvalue weighted by Gasteiger charge is -2.16. The van der Waals surface area contributed by atoms with Crippen molar-refractivity contribution in [2.75, 3.05) is 25.1 Å². The number of benzene rings is 2. The third kappa shape index (κ3) is 6.52. The maximum absolute atomic E-state index is 12.4. The summed E-state index contributed by atoms with van der Waals surface area (Å²) in [5.74, 6) is 0.944. The molecule has 0 radical (unpaired) electrons. The summed E-state index contributed by atoms with van der Waals surface area (Å²) in [5.41, 5.74) is 0.634. The van der Waals surface area contributed by atoms with Crippen molar-refractivity contribution < 1.29 is 19.0 Å². The fourth-order valence-corrected chi connectivity index (χ4v) is 2.86. The van der Waals surface area contributed by atoms with Crippen LogP contribution in [0.4, 0.5) is 5.69 Å². The van der Waals surface area contributed by atoms with E-state index in [0.29, 0.717) is 46.5 Å². The number of hydrogen-bond acceptors (Lipinski definition) is 4. The highest BCUT2D eigenvalue weighted by molar-refractivity contribution is 9.10. The molecule has 2 aromatic carbocycles. The lowest BCUT2D eigenvalue weighted by Crippen LogP contribution is -2.30. The van der Waals surface area contributed by atoms with Crippen molar-refractivity contribution in [2.45, 2.75) is 20.0 Å². The van der Waals surface area contributed by atoms with Gasteiger partial charge in [0, 0.05) is 23.4 Å². The normalized spacial score (nSPS) is 11.7. The van der Waals surface area contributed by atoms with E-state index in [1.165, 1.54) is 0 Å². The minimum absolute atomic E-state index is 0.265. The van der Waals surface area contributed by atoms with Crippen LogP contribution in [0.25, 0.3) is 0 Å². The van der Waals surface area contributed by atoms with Crippen LogP contribution in [0.15, 0.2) is 46.9 Å². The van der Waals surface area contributed by atoms with Crippen LogP contribution in [0.3, 0.4) is 0 Å². The van der Waals surface area contributed by atoms with E-state index in [-0.39, 0.29) is 5.91 Å². The Labute approximate surface area is 166 Å². The van der Waals surface area contributed by atoms with Gasteiger partial charge in [-0.3, -0.25) is 4.79 Å². The summed E-state index contributed by atoms with van der Waals surface area (Å²) >= 11 is 9.28. The first-order valence-electron chi connectivity index (χ1n) is 8.22. The Bertz CT molecular complexity index is 741. The second-order valence-electron chi connectivity index (χ2n) is 5.40. The number of nitrogens with one attached hydrogen (secondary N) is 1. The summed E-state index contributed by atoms with van der Waals surface area (Å²) in [5, 5.41) is 3.40. The van der Waals surface area contributed by atoms with E-state index in [1.807, 2.05) is 19.1 Å². The molecule has 0 aliphatic carbocycles. The molecule has 0 saturated heterocycles. The Morgan fingerprint density at radius 3 is 2.77 bits per heavy atom. The molecule has 0 spiro atoms. The maximum Gasteiger partial charge on any atom is 0.265 e. The summed E-state index contributed by atoms with van der Waals surface area (Å²) in [6.45, 7) is 5.24.